The van der Waals surface area contributed by atoms with E-state index in [1.165, 1.54) is 0 Å². The number of rotatable bonds is 3. The lowest BCUT2D eigenvalue weighted by Gasteiger charge is -2.12. The zero-order chi connectivity index (χ0) is 13.8. The van der Waals surface area contributed by atoms with Crippen molar-refractivity contribution >= 4 is 17.6 Å². The highest BCUT2D eigenvalue weighted by atomic mass is 16.5. The molecule has 5 nitrogen and oxygen atoms in total. The van der Waals surface area contributed by atoms with Crippen molar-refractivity contribution in [1.82, 2.24) is 0 Å². The zero-order valence-electron chi connectivity index (χ0n) is 11.1. The second-order valence-electron chi connectivity index (χ2n) is 4.43. The van der Waals surface area contributed by atoms with Crippen molar-refractivity contribution < 1.29 is 19.1 Å². The number of hydrogen-bond donors (Lipinski definition) is 1. The van der Waals surface area contributed by atoms with Crippen molar-refractivity contribution in [3.63, 3.8) is 0 Å². The Morgan fingerprint density at radius 1 is 1.42 bits per heavy atom. The van der Waals surface area contributed by atoms with E-state index in [4.69, 9.17) is 9.47 Å². The number of amides is 1. The molecule has 2 rings (SSSR count). The maximum atomic E-state index is 11.8. The van der Waals surface area contributed by atoms with Gasteiger partial charge in [0.1, 0.15) is 5.75 Å². The van der Waals surface area contributed by atoms with Crippen molar-refractivity contribution in [3.8, 4) is 5.75 Å². The Kier molecular flexibility index (Phi) is 4.04. The Balaban J connectivity index is 2.26. The van der Waals surface area contributed by atoms with Crippen molar-refractivity contribution in [2.24, 2.45) is 5.92 Å². The number of nitrogens with one attached hydrogen (secondary N) is 1. The monoisotopic (exact) mass is 263 g/mol. The average molecular weight is 263 g/mol. The van der Waals surface area contributed by atoms with Crippen LogP contribution in [0, 0.1) is 5.92 Å². The summed E-state index contributed by atoms with van der Waals surface area (Å²) in [4.78, 5) is 23.6. The zero-order valence-corrected chi connectivity index (χ0v) is 11.1. The SMILES string of the molecule is CCOC(=O)[C@H]1CC(=O)Nc2cc(OC)ccc2C1. The summed E-state index contributed by atoms with van der Waals surface area (Å²) in [5.41, 5.74) is 1.63. The number of carbonyl (C=O) groups excluding carboxylic acids is 2. The Morgan fingerprint density at radius 2 is 2.21 bits per heavy atom. The predicted molar refractivity (Wildman–Crippen MR) is 70.1 cm³/mol. The molecule has 102 valence electrons. The summed E-state index contributed by atoms with van der Waals surface area (Å²) in [6, 6.07) is 5.45. The van der Waals surface area contributed by atoms with Crippen molar-refractivity contribution in [1.29, 1.82) is 0 Å². The number of ether oxygens (including phenoxy) is 2. The van der Waals surface area contributed by atoms with Crippen LogP contribution in [0.15, 0.2) is 18.2 Å². The van der Waals surface area contributed by atoms with Crippen LogP contribution in [0.3, 0.4) is 0 Å². The molecule has 0 unspecified atom stereocenters. The van der Waals surface area contributed by atoms with Gasteiger partial charge in [-0.1, -0.05) is 6.07 Å². The molecule has 0 aromatic heterocycles. The summed E-state index contributed by atoms with van der Waals surface area (Å²) in [6.45, 7) is 2.08. The van der Waals surface area contributed by atoms with E-state index in [2.05, 4.69) is 5.32 Å². The Labute approximate surface area is 111 Å². The third kappa shape index (κ3) is 3.05. The number of methoxy groups -OCH3 is 1. The number of esters is 1. The Hall–Kier alpha value is -2.04. The van der Waals surface area contributed by atoms with Crippen LogP contribution in [-0.2, 0) is 20.7 Å². The van der Waals surface area contributed by atoms with E-state index in [9.17, 15) is 9.59 Å². The fourth-order valence-corrected chi connectivity index (χ4v) is 2.17. The second-order valence-corrected chi connectivity index (χ2v) is 4.43. The highest BCUT2D eigenvalue weighted by molar-refractivity contribution is 5.95. The van der Waals surface area contributed by atoms with E-state index in [0.717, 1.165) is 5.56 Å². The topological polar surface area (TPSA) is 64.6 Å². The Morgan fingerprint density at radius 3 is 2.89 bits per heavy atom. The average Bonchev–Trinajstić information content (AvgIpc) is 2.56. The van der Waals surface area contributed by atoms with Crippen LogP contribution in [0.5, 0.6) is 5.75 Å². The first-order valence-electron chi connectivity index (χ1n) is 6.27. The van der Waals surface area contributed by atoms with E-state index in [1.54, 1.807) is 20.1 Å². The molecule has 0 aliphatic carbocycles. The normalized spacial score (nSPS) is 18.0. The van der Waals surface area contributed by atoms with Crippen LogP contribution in [0.25, 0.3) is 0 Å². The first kappa shape index (κ1) is 13.4. The van der Waals surface area contributed by atoms with Gasteiger partial charge in [-0.15, -0.1) is 0 Å². The van der Waals surface area contributed by atoms with Gasteiger partial charge in [-0.3, -0.25) is 9.59 Å². The lowest BCUT2D eigenvalue weighted by Crippen LogP contribution is -2.23. The molecule has 0 radical (unpaired) electrons. The van der Waals surface area contributed by atoms with Crippen molar-refractivity contribution in [3.05, 3.63) is 23.8 Å². The number of carbonyl (C=O) groups is 2. The fourth-order valence-electron chi connectivity index (χ4n) is 2.17. The maximum Gasteiger partial charge on any atom is 0.309 e. The molecule has 1 aromatic carbocycles. The number of hydrogen-bond acceptors (Lipinski definition) is 4. The van der Waals surface area contributed by atoms with E-state index in [-0.39, 0.29) is 18.3 Å². The Bertz CT molecular complexity index is 498. The highest BCUT2D eigenvalue weighted by Crippen LogP contribution is 2.29. The molecule has 1 aliphatic rings. The van der Waals surface area contributed by atoms with Crippen molar-refractivity contribution in [2.45, 2.75) is 19.8 Å². The maximum absolute atomic E-state index is 11.8. The van der Waals surface area contributed by atoms with Gasteiger partial charge in [0, 0.05) is 18.2 Å². The van der Waals surface area contributed by atoms with Crippen LogP contribution < -0.4 is 10.1 Å². The molecular weight excluding hydrogens is 246 g/mol. The van der Waals surface area contributed by atoms with Gasteiger partial charge in [-0.25, -0.2) is 0 Å². The van der Waals surface area contributed by atoms with Gasteiger partial charge in [0.2, 0.25) is 5.91 Å². The lowest BCUT2D eigenvalue weighted by atomic mass is 9.97. The van der Waals surface area contributed by atoms with E-state index in [0.29, 0.717) is 24.5 Å². The molecule has 1 N–H and O–H groups in total. The smallest absolute Gasteiger partial charge is 0.309 e. The molecule has 1 heterocycles. The number of benzene rings is 1. The first-order valence-corrected chi connectivity index (χ1v) is 6.27. The molecule has 1 aliphatic heterocycles. The molecule has 0 spiro atoms. The van der Waals surface area contributed by atoms with E-state index < -0.39 is 5.92 Å². The second kappa shape index (κ2) is 5.73. The largest absolute Gasteiger partial charge is 0.497 e. The minimum absolute atomic E-state index is 0.149. The summed E-state index contributed by atoms with van der Waals surface area (Å²) in [5, 5.41) is 2.80. The van der Waals surface area contributed by atoms with Gasteiger partial charge in [-0.2, -0.15) is 0 Å². The summed E-state index contributed by atoms with van der Waals surface area (Å²) >= 11 is 0. The number of anilines is 1. The molecule has 0 saturated carbocycles. The molecule has 0 bridgehead atoms. The lowest BCUT2D eigenvalue weighted by molar-refractivity contribution is -0.149. The van der Waals surface area contributed by atoms with Gasteiger partial charge < -0.3 is 14.8 Å². The van der Waals surface area contributed by atoms with Crippen LogP contribution in [0.2, 0.25) is 0 Å². The highest BCUT2D eigenvalue weighted by Gasteiger charge is 2.28. The predicted octanol–water partition coefficient (Wildman–Crippen LogP) is 1.76. The molecule has 1 amide bonds. The summed E-state index contributed by atoms with van der Waals surface area (Å²) in [5.74, 6) is -0.241. The van der Waals surface area contributed by atoms with Crippen LogP contribution in [-0.4, -0.2) is 25.6 Å². The molecule has 0 fully saturated rings. The standard InChI is InChI=1S/C14H17NO4/c1-3-19-14(17)10-6-9-4-5-11(18-2)8-12(9)15-13(16)7-10/h4-5,8,10H,3,6-7H2,1-2H3,(H,15,16)/t10-/m1/s1. The van der Waals surface area contributed by atoms with Gasteiger partial charge in [0.05, 0.1) is 19.6 Å². The van der Waals surface area contributed by atoms with Gasteiger partial charge >= 0.3 is 5.97 Å². The molecule has 1 aromatic rings. The van der Waals surface area contributed by atoms with Crippen molar-refractivity contribution in [2.75, 3.05) is 19.0 Å². The molecule has 19 heavy (non-hydrogen) atoms. The third-order valence-electron chi connectivity index (χ3n) is 3.11. The minimum atomic E-state index is -0.422. The third-order valence-corrected chi connectivity index (χ3v) is 3.11. The van der Waals surface area contributed by atoms with Crippen LogP contribution in [0.4, 0.5) is 5.69 Å². The first-order chi connectivity index (χ1) is 9.13. The van der Waals surface area contributed by atoms with Crippen LogP contribution in [0.1, 0.15) is 18.9 Å². The molecular formula is C14H17NO4. The van der Waals surface area contributed by atoms with Crippen LogP contribution >= 0.6 is 0 Å². The summed E-state index contributed by atoms with van der Waals surface area (Å²) in [7, 11) is 1.57. The fraction of sp³-hybridized carbons (Fsp3) is 0.429. The van der Waals surface area contributed by atoms with E-state index in [1.807, 2.05) is 12.1 Å². The summed E-state index contributed by atoms with van der Waals surface area (Å²) < 4.78 is 10.1. The van der Waals surface area contributed by atoms with E-state index >= 15 is 0 Å². The molecule has 5 heteroatoms. The summed E-state index contributed by atoms with van der Waals surface area (Å²) in [6.07, 6.45) is 0.646. The molecule has 1 atom stereocenters. The van der Waals surface area contributed by atoms with Gasteiger partial charge in [-0.05, 0) is 25.0 Å². The molecule has 0 saturated heterocycles. The minimum Gasteiger partial charge on any atom is -0.497 e. The number of fused-ring (bicyclic) bond motifs is 1. The quantitative estimate of drug-likeness (QED) is 0.844. The van der Waals surface area contributed by atoms with Gasteiger partial charge in [0.15, 0.2) is 0 Å². The van der Waals surface area contributed by atoms with Gasteiger partial charge in [0.25, 0.3) is 0 Å².